The van der Waals surface area contributed by atoms with E-state index in [9.17, 15) is 13.2 Å². The number of aromatic nitrogens is 1. The molecule has 1 amide bonds. The molecule has 2 heterocycles. The molecule has 1 aromatic rings. The summed E-state index contributed by atoms with van der Waals surface area (Å²) in [5, 5.41) is 11.1. The highest BCUT2D eigenvalue weighted by Crippen LogP contribution is 2.12. The van der Waals surface area contributed by atoms with Crippen LogP contribution in [0.15, 0.2) is 18.3 Å². The number of pyridine rings is 1. The SMILES string of the molecule is CS(=O)(=O)N1CCN(C(=O)c2ccc(N[N+]#N)nc2)CC1. The Labute approximate surface area is 122 Å². The molecule has 1 fully saturated rings. The number of hydrogen-bond donors (Lipinski definition) is 1. The summed E-state index contributed by atoms with van der Waals surface area (Å²) in [5.74, 6) is 0.110. The summed E-state index contributed by atoms with van der Waals surface area (Å²) in [7, 11) is -3.21. The lowest BCUT2D eigenvalue weighted by atomic mass is 10.2. The van der Waals surface area contributed by atoms with Crippen LogP contribution in [-0.2, 0) is 10.0 Å². The van der Waals surface area contributed by atoms with Crippen molar-refractivity contribution in [1.82, 2.24) is 14.2 Å². The number of nitrogens with one attached hydrogen (secondary N) is 1. The van der Waals surface area contributed by atoms with Gasteiger partial charge in [-0.15, -0.1) is 0 Å². The van der Waals surface area contributed by atoms with Gasteiger partial charge in [0.2, 0.25) is 15.8 Å². The van der Waals surface area contributed by atoms with Crippen molar-refractivity contribution in [2.24, 2.45) is 0 Å². The van der Waals surface area contributed by atoms with Gasteiger partial charge in [0.1, 0.15) is 0 Å². The molecular formula is C11H15N6O3S+. The van der Waals surface area contributed by atoms with Crippen molar-refractivity contribution in [3.05, 3.63) is 29.0 Å². The number of amides is 1. The van der Waals surface area contributed by atoms with E-state index in [1.54, 1.807) is 11.0 Å². The summed E-state index contributed by atoms with van der Waals surface area (Å²) in [6.07, 6.45) is 2.53. The van der Waals surface area contributed by atoms with Crippen LogP contribution in [0.5, 0.6) is 0 Å². The number of sulfonamides is 1. The molecule has 9 nitrogen and oxygen atoms in total. The fraction of sp³-hybridized carbons (Fsp3) is 0.455. The van der Waals surface area contributed by atoms with Crippen molar-refractivity contribution < 1.29 is 13.2 Å². The molecule has 0 atom stereocenters. The number of diazo groups is 1. The minimum Gasteiger partial charge on any atom is -0.336 e. The third-order valence-corrected chi connectivity index (χ3v) is 4.47. The molecule has 2 rings (SSSR count). The summed E-state index contributed by atoms with van der Waals surface area (Å²) in [6, 6.07) is 3.07. The quantitative estimate of drug-likeness (QED) is 0.620. The third-order valence-electron chi connectivity index (χ3n) is 3.17. The van der Waals surface area contributed by atoms with Gasteiger partial charge in [0.05, 0.1) is 11.8 Å². The predicted molar refractivity (Wildman–Crippen MR) is 75.3 cm³/mol. The molecule has 1 aromatic heterocycles. The molecular weight excluding hydrogens is 296 g/mol. The molecule has 1 aliphatic heterocycles. The molecule has 21 heavy (non-hydrogen) atoms. The van der Waals surface area contributed by atoms with Gasteiger partial charge in [0.15, 0.2) is 0 Å². The molecule has 112 valence electrons. The number of anilines is 1. The zero-order chi connectivity index (χ0) is 15.5. The minimum absolute atomic E-state index is 0.205. The molecule has 1 N–H and O–H groups in total. The highest BCUT2D eigenvalue weighted by atomic mass is 32.2. The van der Waals surface area contributed by atoms with Gasteiger partial charge in [-0.3, -0.25) is 4.79 Å². The van der Waals surface area contributed by atoms with E-state index in [1.807, 2.05) is 0 Å². The van der Waals surface area contributed by atoms with E-state index in [-0.39, 0.29) is 5.91 Å². The van der Waals surface area contributed by atoms with Crippen molar-refractivity contribution in [3.8, 4) is 0 Å². The lowest BCUT2D eigenvalue weighted by molar-refractivity contribution is 0.0698. The average Bonchev–Trinajstić information content (AvgIpc) is 2.47. The van der Waals surface area contributed by atoms with E-state index in [0.29, 0.717) is 37.6 Å². The number of rotatable bonds is 3. The van der Waals surface area contributed by atoms with Crippen LogP contribution >= 0.6 is 0 Å². The van der Waals surface area contributed by atoms with E-state index in [1.165, 1.54) is 16.6 Å². The summed E-state index contributed by atoms with van der Waals surface area (Å²) in [6.45, 7) is 1.28. The van der Waals surface area contributed by atoms with Crippen LogP contribution in [0, 0.1) is 5.39 Å². The molecule has 0 saturated carbocycles. The Morgan fingerprint density at radius 3 is 2.48 bits per heavy atom. The van der Waals surface area contributed by atoms with Gasteiger partial charge in [-0.1, -0.05) is 0 Å². The first-order chi connectivity index (χ1) is 9.91. The Hall–Kier alpha value is -2.25. The Balaban J connectivity index is 2.00. The zero-order valence-corrected chi connectivity index (χ0v) is 12.2. The van der Waals surface area contributed by atoms with Gasteiger partial charge in [0, 0.05) is 37.8 Å². The smallest absolute Gasteiger partial charge is 0.309 e. The highest BCUT2D eigenvalue weighted by molar-refractivity contribution is 7.88. The molecule has 1 saturated heterocycles. The second-order valence-electron chi connectivity index (χ2n) is 4.60. The first kappa shape index (κ1) is 15.1. The monoisotopic (exact) mass is 311 g/mol. The van der Waals surface area contributed by atoms with Crippen molar-refractivity contribution in [2.45, 2.75) is 0 Å². The van der Waals surface area contributed by atoms with Crippen molar-refractivity contribution in [2.75, 3.05) is 37.9 Å². The standard InChI is InChI=1S/C11H14N6O3S/c1-21(19,20)17-6-4-16(5-7-17)11(18)9-2-3-10(13-8-9)14-15-12/h2-3,8H,4-7H2,1H3/p+1. The lowest BCUT2D eigenvalue weighted by Gasteiger charge is -2.33. The second-order valence-corrected chi connectivity index (χ2v) is 6.58. The Morgan fingerprint density at radius 2 is 2.00 bits per heavy atom. The average molecular weight is 311 g/mol. The Kier molecular flexibility index (Phi) is 4.35. The van der Waals surface area contributed by atoms with Crippen molar-refractivity contribution >= 4 is 21.7 Å². The molecule has 0 aliphatic carbocycles. The maximum Gasteiger partial charge on any atom is 0.309 e. The van der Waals surface area contributed by atoms with E-state index >= 15 is 0 Å². The molecule has 0 spiro atoms. The first-order valence-electron chi connectivity index (χ1n) is 6.22. The van der Waals surface area contributed by atoms with E-state index in [0.717, 1.165) is 6.26 Å². The van der Waals surface area contributed by atoms with Crippen LogP contribution in [0.25, 0.3) is 5.08 Å². The number of piperazine rings is 1. The fourth-order valence-corrected chi connectivity index (χ4v) is 2.87. The summed E-state index contributed by atoms with van der Waals surface area (Å²) in [5.41, 5.74) is 2.64. The van der Waals surface area contributed by atoms with Gasteiger partial charge < -0.3 is 4.90 Å². The van der Waals surface area contributed by atoms with Gasteiger partial charge in [-0.05, 0) is 12.1 Å². The minimum atomic E-state index is -3.21. The van der Waals surface area contributed by atoms with Gasteiger partial charge >= 0.3 is 5.08 Å². The van der Waals surface area contributed by atoms with Crippen LogP contribution in [0.4, 0.5) is 5.82 Å². The number of carbonyl (C=O) groups is 1. The Morgan fingerprint density at radius 1 is 1.33 bits per heavy atom. The maximum atomic E-state index is 12.2. The van der Waals surface area contributed by atoms with Crippen LogP contribution in [0.3, 0.4) is 0 Å². The fourth-order valence-electron chi connectivity index (χ4n) is 2.04. The first-order valence-corrected chi connectivity index (χ1v) is 8.07. The number of carbonyl (C=O) groups excluding carboxylic acids is 1. The van der Waals surface area contributed by atoms with Gasteiger partial charge in [-0.2, -0.15) is 4.31 Å². The van der Waals surface area contributed by atoms with Crippen molar-refractivity contribution in [1.29, 1.82) is 5.39 Å². The van der Waals surface area contributed by atoms with Crippen molar-refractivity contribution in [3.63, 3.8) is 0 Å². The summed E-state index contributed by atoms with van der Waals surface area (Å²) < 4.78 is 24.2. The van der Waals surface area contributed by atoms with Crippen LogP contribution in [0.2, 0.25) is 0 Å². The van der Waals surface area contributed by atoms with E-state index in [2.05, 4.69) is 15.5 Å². The predicted octanol–water partition coefficient (Wildman–Crippen LogP) is -0.0210. The molecule has 1 aliphatic rings. The van der Waals surface area contributed by atoms with Gasteiger partial charge in [-0.25, -0.2) is 13.4 Å². The zero-order valence-electron chi connectivity index (χ0n) is 11.4. The molecule has 10 heteroatoms. The molecule has 0 aromatic carbocycles. The summed E-state index contributed by atoms with van der Waals surface area (Å²) in [4.78, 5) is 17.8. The largest absolute Gasteiger partial charge is 0.336 e. The highest BCUT2D eigenvalue weighted by Gasteiger charge is 2.26. The second kappa shape index (κ2) is 6.02. The van der Waals surface area contributed by atoms with Gasteiger partial charge in [0.25, 0.3) is 11.3 Å². The molecule has 0 radical (unpaired) electrons. The van der Waals surface area contributed by atoms with E-state index < -0.39 is 10.0 Å². The van der Waals surface area contributed by atoms with Crippen LogP contribution in [-0.4, -0.2) is 60.9 Å². The van der Waals surface area contributed by atoms with Crippen LogP contribution < -0.4 is 5.43 Å². The molecule has 0 unspecified atom stereocenters. The number of hydrogen-bond acceptors (Lipinski definition) is 6. The summed E-state index contributed by atoms with van der Waals surface area (Å²) >= 11 is 0. The lowest BCUT2D eigenvalue weighted by Crippen LogP contribution is -2.50. The maximum absolute atomic E-state index is 12.2. The van der Waals surface area contributed by atoms with Crippen LogP contribution in [0.1, 0.15) is 10.4 Å². The Bertz CT molecular complexity index is 658. The third kappa shape index (κ3) is 3.65. The topological polar surface area (TPSA) is 111 Å². The molecule has 0 bridgehead atoms. The number of nitrogens with zero attached hydrogens (tertiary/aromatic N) is 5. The normalized spacial score (nSPS) is 16.3. The van der Waals surface area contributed by atoms with E-state index in [4.69, 9.17) is 5.39 Å².